The van der Waals surface area contributed by atoms with Crippen molar-refractivity contribution in [3.05, 3.63) is 29.8 Å². The minimum Gasteiger partial charge on any atom is -0.378 e. The average Bonchev–Trinajstić information content (AvgIpc) is 2.57. The van der Waals surface area contributed by atoms with E-state index in [0.29, 0.717) is 31.8 Å². The molecule has 0 N–H and O–H groups in total. The molecule has 0 aromatic heterocycles. The molecule has 1 aromatic carbocycles. The second-order valence-electron chi connectivity index (χ2n) is 7.50. The Labute approximate surface area is 151 Å². The molecule has 1 aromatic rings. The number of amides is 2. The number of hydrogen-bond donors (Lipinski definition) is 0. The number of carbonyl (C=O) groups is 2. The molecular weight excluding hydrogens is 314 g/mol. The first kappa shape index (κ1) is 19.3. The first-order chi connectivity index (χ1) is 11.8. The van der Waals surface area contributed by atoms with Gasteiger partial charge >= 0.3 is 0 Å². The summed E-state index contributed by atoms with van der Waals surface area (Å²) in [6.45, 7) is 8.11. The zero-order valence-electron chi connectivity index (χ0n) is 16.2. The third-order valence-electron chi connectivity index (χ3n) is 4.73. The molecule has 1 atom stereocenters. The lowest BCUT2D eigenvalue weighted by Gasteiger charge is -2.39. The van der Waals surface area contributed by atoms with E-state index in [0.717, 1.165) is 17.8 Å². The molecule has 0 aliphatic carbocycles. The van der Waals surface area contributed by atoms with Crippen LogP contribution < -0.4 is 4.90 Å². The second-order valence-corrected chi connectivity index (χ2v) is 7.50. The van der Waals surface area contributed by atoms with Crippen molar-refractivity contribution in [1.82, 2.24) is 9.80 Å². The van der Waals surface area contributed by atoms with Gasteiger partial charge in [-0.15, -0.1) is 0 Å². The summed E-state index contributed by atoms with van der Waals surface area (Å²) in [5, 5.41) is 0. The van der Waals surface area contributed by atoms with Gasteiger partial charge in [-0.2, -0.15) is 0 Å². The van der Waals surface area contributed by atoms with Crippen molar-refractivity contribution in [3.8, 4) is 0 Å². The van der Waals surface area contributed by atoms with Crippen LogP contribution in [0.2, 0.25) is 0 Å². The number of anilines is 1. The SMILES string of the molecule is CC(C)CN1CCN(C(=O)CCc2ccc(N(C)C)cc2)C(C)C1=O. The lowest BCUT2D eigenvalue weighted by atomic mass is 10.1. The standard InChI is InChI=1S/C20H31N3O2/c1-15(2)14-22-12-13-23(16(3)20(22)25)19(24)11-8-17-6-9-18(10-7-17)21(4)5/h6-7,9-10,15-16H,8,11-14H2,1-5H3. The van der Waals surface area contributed by atoms with Crippen LogP contribution in [0.3, 0.4) is 0 Å². The number of aryl methyl sites for hydroxylation is 1. The van der Waals surface area contributed by atoms with Gasteiger partial charge in [-0.25, -0.2) is 0 Å². The molecule has 0 spiro atoms. The highest BCUT2D eigenvalue weighted by Crippen LogP contribution is 2.17. The van der Waals surface area contributed by atoms with Crippen LogP contribution in [0.25, 0.3) is 0 Å². The maximum atomic E-state index is 12.6. The van der Waals surface area contributed by atoms with Crippen molar-refractivity contribution < 1.29 is 9.59 Å². The van der Waals surface area contributed by atoms with Crippen LogP contribution in [-0.4, -0.2) is 61.4 Å². The van der Waals surface area contributed by atoms with Crippen LogP contribution in [0.5, 0.6) is 0 Å². The van der Waals surface area contributed by atoms with Gasteiger partial charge in [0.25, 0.3) is 0 Å². The molecule has 1 heterocycles. The molecule has 2 rings (SSSR count). The van der Waals surface area contributed by atoms with Crippen LogP contribution in [-0.2, 0) is 16.0 Å². The van der Waals surface area contributed by atoms with Gasteiger partial charge in [0.2, 0.25) is 11.8 Å². The largest absolute Gasteiger partial charge is 0.378 e. The van der Waals surface area contributed by atoms with Crippen LogP contribution >= 0.6 is 0 Å². The van der Waals surface area contributed by atoms with Gasteiger partial charge < -0.3 is 14.7 Å². The third kappa shape index (κ3) is 4.97. The van der Waals surface area contributed by atoms with E-state index in [1.165, 1.54) is 0 Å². The zero-order chi connectivity index (χ0) is 18.6. The van der Waals surface area contributed by atoms with E-state index >= 15 is 0 Å². The lowest BCUT2D eigenvalue weighted by molar-refractivity contribution is -0.151. The van der Waals surface area contributed by atoms with Crippen LogP contribution in [0, 0.1) is 5.92 Å². The Kier molecular flexibility index (Phi) is 6.45. The molecule has 5 nitrogen and oxygen atoms in total. The average molecular weight is 345 g/mol. The molecule has 1 unspecified atom stereocenters. The Hall–Kier alpha value is -2.04. The Morgan fingerprint density at radius 1 is 1.20 bits per heavy atom. The molecule has 5 heteroatoms. The van der Waals surface area contributed by atoms with Crippen molar-refractivity contribution >= 4 is 17.5 Å². The maximum absolute atomic E-state index is 12.6. The first-order valence-corrected chi connectivity index (χ1v) is 9.14. The normalized spacial score (nSPS) is 18.0. The number of carbonyl (C=O) groups excluding carboxylic acids is 2. The van der Waals surface area contributed by atoms with E-state index < -0.39 is 0 Å². The van der Waals surface area contributed by atoms with Gasteiger partial charge in [-0.3, -0.25) is 9.59 Å². The molecular formula is C20H31N3O2. The summed E-state index contributed by atoms with van der Waals surface area (Å²) in [5.74, 6) is 0.592. The summed E-state index contributed by atoms with van der Waals surface area (Å²) in [6.07, 6.45) is 1.16. The van der Waals surface area contributed by atoms with Gasteiger partial charge in [0.1, 0.15) is 6.04 Å². The van der Waals surface area contributed by atoms with Gasteiger partial charge in [-0.05, 0) is 37.0 Å². The Morgan fingerprint density at radius 3 is 2.40 bits per heavy atom. The van der Waals surface area contributed by atoms with E-state index in [2.05, 4.69) is 43.0 Å². The predicted octanol–water partition coefficient (Wildman–Crippen LogP) is 2.40. The molecule has 138 valence electrons. The Balaban J connectivity index is 1.89. The predicted molar refractivity (Wildman–Crippen MR) is 102 cm³/mol. The van der Waals surface area contributed by atoms with E-state index in [1.54, 1.807) is 4.90 Å². The smallest absolute Gasteiger partial charge is 0.245 e. The number of hydrogen-bond acceptors (Lipinski definition) is 3. The highest BCUT2D eigenvalue weighted by molar-refractivity contribution is 5.88. The molecule has 1 saturated heterocycles. The maximum Gasteiger partial charge on any atom is 0.245 e. The van der Waals surface area contributed by atoms with Crippen molar-refractivity contribution in [3.63, 3.8) is 0 Å². The lowest BCUT2D eigenvalue weighted by Crippen LogP contribution is -2.58. The third-order valence-corrected chi connectivity index (χ3v) is 4.73. The molecule has 0 bridgehead atoms. The Bertz CT molecular complexity index is 595. The summed E-state index contributed by atoms with van der Waals surface area (Å²) in [6, 6.07) is 7.92. The topological polar surface area (TPSA) is 43.9 Å². The van der Waals surface area contributed by atoms with Gasteiger partial charge in [0, 0.05) is 45.8 Å². The molecule has 1 aliphatic heterocycles. The van der Waals surface area contributed by atoms with Crippen molar-refractivity contribution in [2.45, 2.75) is 39.7 Å². The highest BCUT2D eigenvalue weighted by atomic mass is 16.2. The van der Waals surface area contributed by atoms with Crippen molar-refractivity contribution in [2.24, 2.45) is 5.92 Å². The molecule has 2 amide bonds. The van der Waals surface area contributed by atoms with Crippen LogP contribution in [0.4, 0.5) is 5.69 Å². The fraction of sp³-hybridized carbons (Fsp3) is 0.600. The summed E-state index contributed by atoms with van der Waals surface area (Å²) >= 11 is 0. The van der Waals surface area contributed by atoms with Crippen molar-refractivity contribution in [2.75, 3.05) is 38.6 Å². The van der Waals surface area contributed by atoms with Crippen LogP contribution in [0.1, 0.15) is 32.8 Å². The van der Waals surface area contributed by atoms with E-state index in [9.17, 15) is 9.59 Å². The van der Waals surface area contributed by atoms with E-state index in [-0.39, 0.29) is 17.9 Å². The minimum absolute atomic E-state index is 0.0710. The van der Waals surface area contributed by atoms with E-state index in [4.69, 9.17) is 0 Å². The summed E-state index contributed by atoms with van der Waals surface area (Å²) in [7, 11) is 4.02. The quantitative estimate of drug-likeness (QED) is 0.795. The van der Waals surface area contributed by atoms with Gasteiger partial charge in [0.15, 0.2) is 0 Å². The fourth-order valence-electron chi connectivity index (χ4n) is 3.25. The number of benzene rings is 1. The second kappa shape index (κ2) is 8.37. The molecule has 0 radical (unpaired) electrons. The van der Waals surface area contributed by atoms with E-state index in [1.807, 2.05) is 25.9 Å². The number of rotatable bonds is 6. The zero-order valence-corrected chi connectivity index (χ0v) is 16.2. The number of piperazine rings is 1. The summed E-state index contributed by atoms with van der Waals surface area (Å²) in [4.78, 5) is 30.7. The van der Waals surface area contributed by atoms with Crippen LogP contribution in [0.15, 0.2) is 24.3 Å². The molecule has 1 fully saturated rings. The van der Waals surface area contributed by atoms with Gasteiger partial charge in [0.05, 0.1) is 0 Å². The first-order valence-electron chi connectivity index (χ1n) is 9.14. The molecule has 25 heavy (non-hydrogen) atoms. The van der Waals surface area contributed by atoms with Gasteiger partial charge in [-0.1, -0.05) is 26.0 Å². The number of nitrogens with zero attached hydrogens (tertiary/aromatic N) is 3. The molecule has 0 saturated carbocycles. The highest BCUT2D eigenvalue weighted by Gasteiger charge is 2.33. The summed E-state index contributed by atoms with van der Waals surface area (Å²) < 4.78 is 0. The fourth-order valence-corrected chi connectivity index (χ4v) is 3.25. The molecule has 1 aliphatic rings. The summed E-state index contributed by atoms with van der Waals surface area (Å²) in [5.41, 5.74) is 2.30. The van der Waals surface area contributed by atoms with Crippen molar-refractivity contribution in [1.29, 1.82) is 0 Å². The minimum atomic E-state index is -0.351. The Morgan fingerprint density at radius 2 is 1.84 bits per heavy atom. The monoisotopic (exact) mass is 345 g/mol.